The Morgan fingerprint density at radius 1 is 1.20 bits per heavy atom. The molecule has 1 fully saturated rings. The molecule has 0 aromatic heterocycles. The summed E-state index contributed by atoms with van der Waals surface area (Å²) in [6.45, 7) is 0.414. The van der Waals surface area contributed by atoms with Crippen molar-refractivity contribution in [2.24, 2.45) is 5.92 Å². The van der Waals surface area contributed by atoms with Gasteiger partial charge in [-0.05, 0) is 48.7 Å². The minimum atomic E-state index is -3.64. The molecule has 1 atom stereocenters. The number of hydrogen-bond acceptors (Lipinski definition) is 5. The first-order chi connectivity index (χ1) is 14.3. The maximum atomic E-state index is 13.1. The Morgan fingerprint density at radius 2 is 1.93 bits per heavy atom. The third-order valence-electron chi connectivity index (χ3n) is 4.96. The lowest BCUT2D eigenvalue weighted by molar-refractivity contribution is -0.120. The lowest BCUT2D eigenvalue weighted by Crippen LogP contribution is -2.44. The normalized spacial score (nSPS) is 17.3. The first-order valence-corrected chi connectivity index (χ1v) is 11.1. The van der Waals surface area contributed by atoms with Gasteiger partial charge in [-0.1, -0.05) is 18.2 Å². The molecule has 2 aromatic carbocycles. The number of ether oxygens (including phenoxy) is 1. The summed E-state index contributed by atoms with van der Waals surface area (Å²) in [5, 5.41) is 2.75. The SMILES string of the molecule is COC(=O)c1cccc(NC(=O)[C@@H]2CCCN(S(=O)(=O)Cc3ccc(F)cc3)C2)c1. The van der Waals surface area contributed by atoms with Crippen LogP contribution in [0.5, 0.6) is 0 Å². The van der Waals surface area contributed by atoms with Crippen molar-refractivity contribution < 1.29 is 27.1 Å². The summed E-state index contributed by atoms with van der Waals surface area (Å²) >= 11 is 0. The second-order valence-corrected chi connectivity index (χ2v) is 9.11. The quantitative estimate of drug-likeness (QED) is 0.706. The van der Waals surface area contributed by atoms with Gasteiger partial charge in [-0.3, -0.25) is 4.79 Å². The molecule has 2 aromatic rings. The van der Waals surface area contributed by atoms with Crippen LogP contribution in [0.2, 0.25) is 0 Å². The number of nitrogens with one attached hydrogen (secondary N) is 1. The molecule has 0 radical (unpaired) electrons. The van der Waals surface area contributed by atoms with Crippen LogP contribution in [0.15, 0.2) is 48.5 Å². The summed E-state index contributed by atoms with van der Waals surface area (Å²) in [6.07, 6.45) is 1.12. The molecule has 1 heterocycles. The van der Waals surface area contributed by atoms with E-state index in [1.54, 1.807) is 18.2 Å². The van der Waals surface area contributed by atoms with E-state index in [1.165, 1.54) is 41.7 Å². The predicted octanol–water partition coefficient (Wildman–Crippen LogP) is 2.79. The standard InChI is InChI=1S/C21H23FN2O5S/c1-29-21(26)16-4-2-6-19(12-16)23-20(25)17-5-3-11-24(13-17)30(27,28)14-15-7-9-18(22)10-8-15/h2,4,6-10,12,17H,3,5,11,13-14H2,1H3,(H,23,25)/t17-/m1/s1. The molecule has 7 nitrogen and oxygen atoms in total. The van der Waals surface area contributed by atoms with Crippen LogP contribution in [0.25, 0.3) is 0 Å². The number of carbonyl (C=O) groups is 2. The van der Waals surface area contributed by atoms with Gasteiger partial charge in [-0.2, -0.15) is 0 Å². The number of halogens is 1. The van der Waals surface area contributed by atoms with Crippen molar-refractivity contribution in [1.29, 1.82) is 0 Å². The molecule has 160 valence electrons. The van der Waals surface area contributed by atoms with Crippen molar-refractivity contribution in [3.63, 3.8) is 0 Å². The van der Waals surface area contributed by atoms with E-state index >= 15 is 0 Å². The van der Waals surface area contributed by atoms with Crippen LogP contribution in [-0.4, -0.2) is 44.8 Å². The first kappa shape index (κ1) is 21.9. The highest BCUT2D eigenvalue weighted by molar-refractivity contribution is 7.88. The largest absolute Gasteiger partial charge is 0.465 e. The molecule has 3 rings (SSSR count). The van der Waals surface area contributed by atoms with E-state index in [9.17, 15) is 22.4 Å². The number of nitrogens with zero attached hydrogens (tertiary/aromatic N) is 1. The average molecular weight is 434 g/mol. The van der Waals surface area contributed by atoms with Gasteiger partial charge in [0.25, 0.3) is 0 Å². The van der Waals surface area contributed by atoms with E-state index in [0.717, 1.165) is 0 Å². The van der Waals surface area contributed by atoms with Crippen LogP contribution < -0.4 is 5.32 Å². The van der Waals surface area contributed by atoms with Gasteiger partial charge in [-0.15, -0.1) is 0 Å². The molecule has 9 heteroatoms. The zero-order valence-electron chi connectivity index (χ0n) is 16.5. The van der Waals surface area contributed by atoms with Gasteiger partial charge in [-0.25, -0.2) is 21.9 Å². The fourth-order valence-corrected chi connectivity index (χ4v) is 4.99. The number of amides is 1. The van der Waals surface area contributed by atoms with E-state index in [2.05, 4.69) is 10.1 Å². The summed E-state index contributed by atoms with van der Waals surface area (Å²) in [6, 6.07) is 11.7. The molecule has 1 amide bonds. The second kappa shape index (κ2) is 9.36. The van der Waals surface area contributed by atoms with E-state index in [0.29, 0.717) is 36.2 Å². The van der Waals surface area contributed by atoms with Crippen LogP contribution >= 0.6 is 0 Å². The average Bonchev–Trinajstić information content (AvgIpc) is 2.75. The molecule has 1 aliphatic rings. The number of benzene rings is 2. The van der Waals surface area contributed by atoms with Gasteiger partial charge in [0, 0.05) is 18.8 Å². The van der Waals surface area contributed by atoms with E-state index in [4.69, 9.17) is 0 Å². The number of sulfonamides is 1. The van der Waals surface area contributed by atoms with Gasteiger partial charge >= 0.3 is 5.97 Å². The number of methoxy groups -OCH3 is 1. The molecule has 0 spiro atoms. The topological polar surface area (TPSA) is 92.8 Å². The van der Waals surface area contributed by atoms with E-state index in [-0.39, 0.29) is 18.2 Å². The maximum Gasteiger partial charge on any atom is 0.337 e. The Labute approximate surface area is 174 Å². The van der Waals surface area contributed by atoms with E-state index in [1.807, 2.05) is 0 Å². The zero-order valence-corrected chi connectivity index (χ0v) is 17.3. The number of esters is 1. The first-order valence-electron chi connectivity index (χ1n) is 9.50. The van der Waals surface area contributed by atoms with Crippen LogP contribution in [0.4, 0.5) is 10.1 Å². The number of carbonyl (C=O) groups excluding carboxylic acids is 2. The van der Waals surface area contributed by atoms with Crippen molar-refractivity contribution in [1.82, 2.24) is 4.31 Å². The van der Waals surface area contributed by atoms with Gasteiger partial charge < -0.3 is 10.1 Å². The van der Waals surface area contributed by atoms with Crippen molar-refractivity contribution in [3.8, 4) is 0 Å². The zero-order chi connectivity index (χ0) is 21.7. The Balaban J connectivity index is 1.65. The molecule has 1 N–H and O–H groups in total. The molecule has 30 heavy (non-hydrogen) atoms. The highest BCUT2D eigenvalue weighted by Gasteiger charge is 2.32. The van der Waals surface area contributed by atoms with Crippen LogP contribution in [-0.2, 0) is 25.3 Å². The highest BCUT2D eigenvalue weighted by atomic mass is 32.2. The number of piperidine rings is 1. The highest BCUT2D eigenvalue weighted by Crippen LogP contribution is 2.23. The van der Waals surface area contributed by atoms with Crippen molar-refractivity contribution in [3.05, 3.63) is 65.5 Å². The minimum Gasteiger partial charge on any atom is -0.465 e. The molecule has 0 bridgehead atoms. The van der Waals surface area contributed by atoms with E-state index < -0.39 is 27.7 Å². The Hall–Kier alpha value is -2.78. The van der Waals surface area contributed by atoms with Gasteiger partial charge in [0.15, 0.2) is 0 Å². The van der Waals surface area contributed by atoms with Crippen molar-refractivity contribution >= 4 is 27.6 Å². The number of anilines is 1. The summed E-state index contributed by atoms with van der Waals surface area (Å²) < 4.78 is 44.6. The summed E-state index contributed by atoms with van der Waals surface area (Å²) in [4.78, 5) is 24.3. The van der Waals surface area contributed by atoms with Crippen molar-refractivity contribution in [2.75, 3.05) is 25.5 Å². The van der Waals surface area contributed by atoms with Gasteiger partial charge in [0.05, 0.1) is 24.3 Å². The third-order valence-corrected chi connectivity index (χ3v) is 6.78. The van der Waals surface area contributed by atoms with Crippen molar-refractivity contribution in [2.45, 2.75) is 18.6 Å². The molecule has 1 aliphatic heterocycles. The lowest BCUT2D eigenvalue weighted by Gasteiger charge is -2.31. The molecule has 0 aliphatic carbocycles. The smallest absolute Gasteiger partial charge is 0.337 e. The van der Waals surface area contributed by atoms with Crippen LogP contribution in [0, 0.1) is 11.7 Å². The Bertz CT molecular complexity index is 1020. The lowest BCUT2D eigenvalue weighted by atomic mass is 9.98. The molecule has 0 unspecified atom stereocenters. The molecular weight excluding hydrogens is 411 g/mol. The predicted molar refractivity (Wildman–Crippen MR) is 110 cm³/mol. The number of hydrogen-bond donors (Lipinski definition) is 1. The Kier molecular flexibility index (Phi) is 6.84. The molecule has 0 saturated carbocycles. The fraction of sp³-hybridized carbons (Fsp3) is 0.333. The maximum absolute atomic E-state index is 13.1. The minimum absolute atomic E-state index is 0.0755. The summed E-state index contributed by atoms with van der Waals surface area (Å²) in [5.41, 5.74) is 1.24. The molecular formula is C21H23FN2O5S. The molecule has 1 saturated heterocycles. The monoisotopic (exact) mass is 434 g/mol. The summed E-state index contributed by atoms with van der Waals surface area (Å²) in [7, 11) is -2.37. The Morgan fingerprint density at radius 3 is 2.63 bits per heavy atom. The van der Waals surface area contributed by atoms with Crippen LogP contribution in [0.1, 0.15) is 28.8 Å². The number of rotatable bonds is 6. The summed E-state index contributed by atoms with van der Waals surface area (Å²) in [5.74, 6) is -2.01. The van der Waals surface area contributed by atoms with Crippen LogP contribution in [0.3, 0.4) is 0 Å². The third kappa shape index (κ3) is 5.43. The fourth-order valence-electron chi connectivity index (χ4n) is 3.38. The van der Waals surface area contributed by atoms with Gasteiger partial charge in [0.1, 0.15) is 5.82 Å². The second-order valence-electron chi connectivity index (χ2n) is 7.14. The van der Waals surface area contributed by atoms with Gasteiger partial charge in [0.2, 0.25) is 15.9 Å².